The normalized spacial score (nSPS) is 26.0. The van der Waals surface area contributed by atoms with Crippen molar-refractivity contribution in [2.24, 2.45) is 5.92 Å². The van der Waals surface area contributed by atoms with Crippen LogP contribution in [0.25, 0.3) is 0 Å². The van der Waals surface area contributed by atoms with Gasteiger partial charge in [-0.15, -0.1) is 0 Å². The third-order valence-corrected chi connectivity index (χ3v) is 3.75. The van der Waals surface area contributed by atoms with E-state index >= 15 is 0 Å². The highest BCUT2D eigenvalue weighted by molar-refractivity contribution is 7.86. The zero-order valence-corrected chi connectivity index (χ0v) is 9.37. The van der Waals surface area contributed by atoms with Crippen molar-refractivity contribution in [2.75, 3.05) is 13.2 Å². The number of hydrogen-bond donors (Lipinski definition) is 1. The Labute approximate surface area is 84.1 Å². The molecule has 1 atom stereocenters. The second-order valence-electron chi connectivity index (χ2n) is 4.00. The molecule has 84 valence electrons. The molecule has 5 nitrogen and oxygen atoms in total. The van der Waals surface area contributed by atoms with Gasteiger partial charge < -0.3 is 9.47 Å². The van der Waals surface area contributed by atoms with E-state index in [1.54, 1.807) is 13.8 Å². The van der Waals surface area contributed by atoms with Gasteiger partial charge in [-0.3, -0.25) is 4.55 Å². The summed E-state index contributed by atoms with van der Waals surface area (Å²) in [7, 11) is -4.00. The van der Waals surface area contributed by atoms with Crippen LogP contribution in [0.2, 0.25) is 0 Å². The van der Waals surface area contributed by atoms with Gasteiger partial charge in [0.2, 0.25) is 0 Å². The summed E-state index contributed by atoms with van der Waals surface area (Å²) in [4.78, 5) is 0. The van der Waals surface area contributed by atoms with Crippen molar-refractivity contribution in [1.82, 2.24) is 0 Å². The van der Waals surface area contributed by atoms with Crippen LogP contribution in [0.1, 0.15) is 20.8 Å². The van der Waals surface area contributed by atoms with Gasteiger partial charge in [0.05, 0.1) is 18.5 Å². The molecule has 6 heteroatoms. The molecule has 1 heterocycles. The van der Waals surface area contributed by atoms with Gasteiger partial charge in [-0.1, -0.05) is 0 Å². The van der Waals surface area contributed by atoms with Crippen LogP contribution in [-0.4, -0.2) is 37.2 Å². The maximum atomic E-state index is 10.8. The number of rotatable bonds is 2. The minimum atomic E-state index is -4.00. The molecule has 0 aromatic carbocycles. The summed E-state index contributed by atoms with van der Waals surface area (Å²) < 4.78 is 41.1. The van der Waals surface area contributed by atoms with Gasteiger partial charge in [0.1, 0.15) is 0 Å². The van der Waals surface area contributed by atoms with E-state index in [0.717, 1.165) is 0 Å². The standard InChI is InChI=1S/C8H16O5S/c1-6(14(9,10)11)7-4-12-8(2,3)13-5-7/h6-7H,4-5H2,1-3H3,(H,9,10,11). The Morgan fingerprint density at radius 3 is 2.14 bits per heavy atom. The summed E-state index contributed by atoms with van der Waals surface area (Å²) in [6.07, 6.45) is 0. The average molecular weight is 224 g/mol. The zero-order chi connectivity index (χ0) is 11.0. The predicted octanol–water partition coefficient (Wildman–Crippen LogP) is 0.662. The topological polar surface area (TPSA) is 72.8 Å². The maximum absolute atomic E-state index is 10.8. The van der Waals surface area contributed by atoms with Crippen molar-refractivity contribution >= 4 is 10.1 Å². The Hall–Kier alpha value is -0.170. The van der Waals surface area contributed by atoms with Crippen LogP contribution >= 0.6 is 0 Å². The second kappa shape index (κ2) is 3.77. The first kappa shape index (κ1) is 11.9. The Kier molecular flexibility index (Phi) is 3.20. The molecule has 0 aliphatic carbocycles. The van der Waals surface area contributed by atoms with E-state index in [9.17, 15) is 8.42 Å². The third-order valence-electron chi connectivity index (χ3n) is 2.42. The van der Waals surface area contributed by atoms with Gasteiger partial charge >= 0.3 is 0 Å². The van der Waals surface area contributed by atoms with Gasteiger partial charge in [-0.2, -0.15) is 8.42 Å². The van der Waals surface area contributed by atoms with E-state index in [2.05, 4.69) is 0 Å². The first-order chi connectivity index (χ1) is 6.22. The highest BCUT2D eigenvalue weighted by atomic mass is 32.2. The van der Waals surface area contributed by atoms with E-state index in [1.165, 1.54) is 6.92 Å². The highest BCUT2D eigenvalue weighted by Gasteiger charge is 2.35. The third kappa shape index (κ3) is 2.91. The molecule has 1 unspecified atom stereocenters. The molecule has 0 saturated carbocycles. The predicted molar refractivity (Wildman–Crippen MR) is 50.5 cm³/mol. The number of ether oxygens (including phenoxy) is 2. The summed E-state index contributed by atoms with van der Waals surface area (Å²) in [6.45, 7) is 5.55. The Balaban J connectivity index is 2.59. The van der Waals surface area contributed by atoms with E-state index in [-0.39, 0.29) is 19.1 Å². The summed E-state index contributed by atoms with van der Waals surface area (Å²) >= 11 is 0. The van der Waals surface area contributed by atoms with Crippen LogP contribution in [0.15, 0.2) is 0 Å². The van der Waals surface area contributed by atoms with Crippen LogP contribution in [0.3, 0.4) is 0 Å². The smallest absolute Gasteiger partial charge is 0.267 e. The Morgan fingerprint density at radius 1 is 1.36 bits per heavy atom. The molecule has 1 N–H and O–H groups in total. The van der Waals surface area contributed by atoms with Crippen molar-refractivity contribution in [3.63, 3.8) is 0 Å². The molecule has 1 fully saturated rings. The van der Waals surface area contributed by atoms with Crippen LogP contribution in [-0.2, 0) is 19.6 Å². The first-order valence-electron chi connectivity index (χ1n) is 4.46. The molecule has 0 bridgehead atoms. The second-order valence-corrected chi connectivity index (χ2v) is 5.78. The van der Waals surface area contributed by atoms with Crippen molar-refractivity contribution in [1.29, 1.82) is 0 Å². The molecular weight excluding hydrogens is 208 g/mol. The van der Waals surface area contributed by atoms with Gasteiger partial charge in [0.15, 0.2) is 5.79 Å². The van der Waals surface area contributed by atoms with Crippen LogP contribution in [0.4, 0.5) is 0 Å². The van der Waals surface area contributed by atoms with Crippen LogP contribution < -0.4 is 0 Å². The molecule has 1 rings (SSSR count). The lowest BCUT2D eigenvalue weighted by Crippen LogP contribution is -2.44. The fraction of sp³-hybridized carbons (Fsp3) is 1.00. The lowest BCUT2D eigenvalue weighted by Gasteiger charge is -2.36. The van der Waals surface area contributed by atoms with E-state index in [4.69, 9.17) is 14.0 Å². The molecule has 0 aromatic rings. The monoisotopic (exact) mass is 224 g/mol. The van der Waals surface area contributed by atoms with Crippen molar-refractivity contribution < 1.29 is 22.4 Å². The summed E-state index contributed by atoms with van der Waals surface area (Å²) in [5, 5.41) is -0.849. The average Bonchev–Trinajstić information content (AvgIpc) is 2.01. The fourth-order valence-electron chi connectivity index (χ4n) is 1.22. The van der Waals surface area contributed by atoms with Gasteiger partial charge in [-0.25, -0.2) is 0 Å². The quantitative estimate of drug-likeness (QED) is 0.698. The molecule has 1 saturated heterocycles. The SMILES string of the molecule is CC(C1COC(C)(C)OC1)S(=O)(=O)O. The molecule has 1 aliphatic rings. The highest BCUT2D eigenvalue weighted by Crippen LogP contribution is 2.24. The molecule has 14 heavy (non-hydrogen) atoms. The minimum absolute atomic E-state index is 0.286. The summed E-state index contributed by atoms with van der Waals surface area (Å²) in [6, 6.07) is 0. The molecular formula is C8H16O5S. The number of hydrogen-bond acceptors (Lipinski definition) is 4. The van der Waals surface area contributed by atoms with E-state index in [1.807, 2.05) is 0 Å². The van der Waals surface area contributed by atoms with Gasteiger partial charge in [0.25, 0.3) is 10.1 Å². The molecule has 0 amide bonds. The fourth-order valence-corrected chi connectivity index (χ4v) is 1.86. The minimum Gasteiger partial charge on any atom is -0.350 e. The Morgan fingerprint density at radius 2 is 1.79 bits per heavy atom. The van der Waals surface area contributed by atoms with Gasteiger partial charge in [0, 0.05) is 5.92 Å². The lowest BCUT2D eigenvalue weighted by atomic mass is 10.1. The lowest BCUT2D eigenvalue weighted by molar-refractivity contribution is -0.261. The maximum Gasteiger partial charge on any atom is 0.267 e. The summed E-state index contributed by atoms with van der Waals surface area (Å²) in [5.74, 6) is -0.965. The van der Waals surface area contributed by atoms with Crippen molar-refractivity contribution in [3.8, 4) is 0 Å². The van der Waals surface area contributed by atoms with Crippen molar-refractivity contribution in [2.45, 2.75) is 31.8 Å². The first-order valence-corrected chi connectivity index (χ1v) is 5.97. The molecule has 0 aromatic heterocycles. The zero-order valence-electron chi connectivity index (χ0n) is 8.56. The largest absolute Gasteiger partial charge is 0.350 e. The van der Waals surface area contributed by atoms with Crippen molar-refractivity contribution in [3.05, 3.63) is 0 Å². The van der Waals surface area contributed by atoms with Crippen LogP contribution in [0, 0.1) is 5.92 Å². The van der Waals surface area contributed by atoms with Gasteiger partial charge in [-0.05, 0) is 20.8 Å². The van der Waals surface area contributed by atoms with E-state index in [0.29, 0.717) is 0 Å². The van der Waals surface area contributed by atoms with Crippen LogP contribution in [0.5, 0.6) is 0 Å². The molecule has 1 aliphatic heterocycles. The molecule has 0 spiro atoms. The Bertz CT molecular complexity index is 285. The summed E-state index contributed by atoms with van der Waals surface area (Å²) in [5.41, 5.74) is 0. The van der Waals surface area contributed by atoms with E-state index < -0.39 is 21.2 Å². The molecule has 0 radical (unpaired) electrons.